The summed E-state index contributed by atoms with van der Waals surface area (Å²) in [4.78, 5) is 21.2. The average Bonchev–Trinajstić information content (AvgIpc) is 3.16. The largest absolute Gasteiger partial charge is 0.344 e. The molecular weight excluding hydrogens is 278 g/mol. The van der Waals surface area contributed by atoms with Crippen LogP contribution in [0.4, 0.5) is 0 Å². The molecule has 2 N–H and O–H groups in total. The van der Waals surface area contributed by atoms with Gasteiger partial charge in [-0.1, -0.05) is 5.16 Å². The second-order valence-electron chi connectivity index (χ2n) is 4.63. The Morgan fingerprint density at radius 1 is 1.65 bits per heavy atom. The number of hydrogen-bond acceptors (Lipinski definition) is 7. The van der Waals surface area contributed by atoms with Gasteiger partial charge in [0.2, 0.25) is 5.89 Å². The quantitative estimate of drug-likeness (QED) is 0.879. The molecule has 1 atom stereocenters. The molecule has 20 heavy (non-hydrogen) atoms. The van der Waals surface area contributed by atoms with E-state index in [1.165, 1.54) is 0 Å². The van der Waals surface area contributed by atoms with E-state index in [0.29, 0.717) is 12.4 Å². The molecule has 1 fully saturated rings. The molecule has 1 saturated heterocycles. The lowest BCUT2D eigenvalue weighted by molar-refractivity contribution is 0.0938. The van der Waals surface area contributed by atoms with Crippen LogP contribution in [0.5, 0.6) is 0 Å². The highest BCUT2D eigenvalue weighted by molar-refractivity contribution is 7.11. The van der Waals surface area contributed by atoms with Gasteiger partial charge in [0.25, 0.3) is 11.7 Å². The maximum Gasteiger partial charge on any atom is 0.292 e. The normalized spacial score (nSPS) is 18.4. The van der Waals surface area contributed by atoms with Crippen molar-refractivity contribution in [2.24, 2.45) is 0 Å². The van der Waals surface area contributed by atoms with Crippen LogP contribution in [-0.2, 0) is 6.54 Å². The van der Waals surface area contributed by atoms with Gasteiger partial charge < -0.3 is 15.2 Å². The number of hydrogen-bond donors (Lipinski definition) is 2. The molecule has 3 rings (SSSR count). The summed E-state index contributed by atoms with van der Waals surface area (Å²) in [5, 5.41) is 10.7. The Balaban J connectivity index is 1.59. The third-order valence-corrected chi connectivity index (χ3v) is 4.01. The van der Waals surface area contributed by atoms with E-state index in [0.717, 1.165) is 29.3 Å². The van der Waals surface area contributed by atoms with Crippen molar-refractivity contribution in [2.45, 2.75) is 32.4 Å². The topological polar surface area (TPSA) is 92.9 Å². The summed E-state index contributed by atoms with van der Waals surface area (Å²) in [7, 11) is 0. The molecule has 2 aromatic heterocycles. The Morgan fingerprint density at radius 2 is 2.55 bits per heavy atom. The summed E-state index contributed by atoms with van der Waals surface area (Å²) in [5.74, 6) is 0.236. The third-order valence-electron chi connectivity index (χ3n) is 3.10. The fraction of sp³-hybridized carbons (Fsp3) is 0.500. The number of rotatable bonds is 4. The van der Waals surface area contributed by atoms with E-state index < -0.39 is 0 Å². The molecule has 7 nitrogen and oxygen atoms in total. The number of nitrogens with one attached hydrogen (secondary N) is 2. The summed E-state index contributed by atoms with van der Waals surface area (Å²) >= 11 is 1.55. The molecule has 8 heteroatoms. The Labute approximate surface area is 119 Å². The molecule has 1 aliphatic rings. The maximum atomic E-state index is 11.9. The molecule has 106 valence electrons. The highest BCUT2D eigenvalue weighted by Crippen LogP contribution is 2.21. The minimum Gasteiger partial charge on any atom is -0.344 e. The molecule has 3 heterocycles. The molecule has 0 spiro atoms. The fourth-order valence-electron chi connectivity index (χ4n) is 2.10. The average molecular weight is 293 g/mol. The third kappa shape index (κ3) is 2.86. The zero-order valence-corrected chi connectivity index (χ0v) is 11.9. The predicted molar refractivity (Wildman–Crippen MR) is 72.3 cm³/mol. The first kappa shape index (κ1) is 13.2. The smallest absolute Gasteiger partial charge is 0.292 e. The van der Waals surface area contributed by atoms with E-state index in [9.17, 15) is 4.79 Å². The van der Waals surface area contributed by atoms with Gasteiger partial charge in [0.15, 0.2) is 0 Å². The monoisotopic (exact) mass is 293 g/mol. The van der Waals surface area contributed by atoms with Crippen LogP contribution < -0.4 is 10.6 Å². The lowest BCUT2D eigenvalue weighted by Gasteiger charge is -2.01. The zero-order valence-electron chi connectivity index (χ0n) is 11.0. The second kappa shape index (κ2) is 5.68. The molecule has 1 amide bonds. The van der Waals surface area contributed by atoms with Gasteiger partial charge in [-0.15, -0.1) is 11.3 Å². The molecule has 2 aromatic rings. The summed E-state index contributed by atoms with van der Waals surface area (Å²) in [6, 6.07) is 0.0770. The predicted octanol–water partition coefficient (Wildman–Crippen LogP) is 1.19. The Kier molecular flexibility index (Phi) is 3.75. The van der Waals surface area contributed by atoms with Crippen molar-refractivity contribution in [1.82, 2.24) is 25.8 Å². The van der Waals surface area contributed by atoms with Crippen molar-refractivity contribution in [1.29, 1.82) is 0 Å². The van der Waals surface area contributed by atoms with Gasteiger partial charge in [0.05, 0.1) is 17.6 Å². The van der Waals surface area contributed by atoms with Crippen molar-refractivity contribution in [3.8, 4) is 0 Å². The SMILES string of the molecule is Cc1ncc(CNC(=O)c2noc(C3CCCN3)n2)s1. The highest BCUT2D eigenvalue weighted by Gasteiger charge is 2.24. The molecule has 0 aliphatic carbocycles. The maximum absolute atomic E-state index is 11.9. The molecular formula is C12H15N5O2S. The number of carbonyl (C=O) groups is 1. The van der Waals surface area contributed by atoms with E-state index in [2.05, 4.69) is 25.8 Å². The number of aromatic nitrogens is 3. The minimum absolute atomic E-state index is 0.0770. The van der Waals surface area contributed by atoms with Crippen molar-refractivity contribution in [2.75, 3.05) is 6.54 Å². The Hall–Kier alpha value is -1.80. The van der Waals surface area contributed by atoms with Crippen molar-refractivity contribution in [3.05, 3.63) is 27.8 Å². The molecule has 0 radical (unpaired) electrons. The van der Waals surface area contributed by atoms with E-state index in [4.69, 9.17) is 4.52 Å². The summed E-state index contributed by atoms with van der Waals surface area (Å²) in [5.41, 5.74) is 0. The van der Waals surface area contributed by atoms with Gasteiger partial charge >= 0.3 is 0 Å². The van der Waals surface area contributed by atoms with Gasteiger partial charge in [0.1, 0.15) is 0 Å². The summed E-state index contributed by atoms with van der Waals surface area (Å²) < 4.78 is 5.13. The van der Waals surface area contributed by atoms with Crippen LogP contribution in [0.3, 0.4) is 0 Å². The van der Waals surface area contributed by atoms with E-state index in [1.807, 2.05) is 6.92 Å². The van der Waals surface area contributed by atoms with Gasteiger partial charge in [0, 0.05) is 11.1 Å². The van der Waals surface area contributed by atoms with E-state index >= 15 is 0 Å². The number of thiazole rings is 1. The van der Waals surface area contributed by atoms with Crippen LogP contribution in [0.2, 0.25) is 0 Å². The van der Waals surface area contributed by atoms with Gasteiger partial charge in [-0.3, -0.25) is 4.79 Å². The minimum atomic E-state index is -0.330. The standard InChI is InChI=1S/C12H15N5O2S/c1-7-14-5-8(20-7)6-15-11(18)10-16-12(19-17-10)9-3-2-4-13-9/h5,9,13H,2-4,6H2,1H3,(H,15,18). The van der Waals surface area contributed by atoms with Crippen LogP contribution in [0.1, 0.15) is 45.3 Å². The zero-order chi connectivity index (χ0) is 13.9. The number of amides is 1. The van der Waals surface area contributed by atoms with Crippen molar-refractivity contribution >= 4 is 17.2 Å². The van der Waals surface area contributed by atoms with Crippen LogP contribution in [0.25, 0.3) is 0 Å². The van der Waals surface area contributed by atoms with Crippen molar-refractivity contribution < 1.29 is 9.32 Å². The molecule has 0 aromatic carbocycles. The molecule has 0 bridgehead atoms. The summed E-state index contributed by atoms with van der Waals surface area (Å²) in [6.07, 6.45) is 3.80. The Morgan fingerprint density at radius 3 is 3.25 bits per heavy atom. The van der Waals surface area contributed by atoms with Crippen LogP contribution in [-0.4, -0.2) is 27.6 Å². The van der Waals surface area contributed by atoms with Gasteiger partial charge in [-0.05, 0) is 26.3 Å². The van der Waals surface area contributed by atoms with Crippen LogP contribution >= 0.6 is 11.3 Å². The number of nitrogens with zero attached hydrogens (tertiary/aromatic N) is 3. The van der Waals surface area contributed by atoms with Crippen LogP contribution in [0, 0.1) is 6.92 Å². The molecule has 0 saturated carbocycles. The molecule has 1 unspecified atom stereocenters. The van der Waals surface area contributed by atoms with E-state index in [1.54, 1.807) is 17.5 Å². The highest BCUT2D eigenvalue weighted by atomic mass is 32.1. The first-order valence-corrected chi connectivity index (χ1v) is 7.30. The first-order chi connectivity index (χ1) is 9.72. The summed E-state index contributed by atoms with van der Waals surface area (Å²) in [6.45, 7) is 3.30. The number of carbonyl (C=O) groups excluding carboxylic acids is 1. The first-order valence-electron chi connectivity index (χ1n) is 6.49. The van der Waals surface area contributed by atoms with Crippen LogP contribution in [0.15, 0.2) is 10.7 Å². The van der Waals surface area contributed by atoms with Gasteiger partial charge in [-0.25, -0.2) is 4.98 Å². The lowest BCUT2D eigenvalue weighted by Crippen LogP contribution is -2.23. The Bertz CT molecular complexity index is 603. The van der Waals surface area contributed by atoms with Crippen molar-refractivity contribution in [3.63, 3.8) is 0 Å². The number of aryl methyl sites for hydroxylation is 1. The van der Waals surface area contributed by atoms with Gasteiger partial charge in [-0.2, -0.15) is 4.98 Å². The van der Waals surface area contributed by atoms with E-state index in [-0.39, 0.29) is 17.8 Å². The fourth-order valence-corrected chi connectivity index (χ4v) is 2.83. The molecule has 1 aliphatic heterocycles. The second-order valence-corrected chi connectivity index (χ2v) is 5.95. The lowest BCUT2D eigenvalue weighted by atomic mass is 10.2.